The molecule has 3 nitrogen and oxygen atoms in total. The van der Waals surface area contributed by atoms with E-state index < -0.39 is 6.04 Å². The predicted molar refractivity (Wildman–Crippen MR) is 25.7 cm³/mol. The van der Waals surface area contributed by atoms with Gasteiger partial charge in [-0.05, 0) is 6.42 Å². The van der Waals surface area contributed by atoms with Gasteiger partial charge in [0.2, 0.25) is 0 Å². The summed E-state index contributed by atoms with van der Waals surface area (Å²) in [4.78, 5) is 9.66. The van der Waals surface area contributed by atoms with Crippen molar-refractivity contribution in [1.82, 2.24) is 0 Å². The molecule has 7 heavy (non-hydrogen) atoms. The Bertz CT molecular complexity index is 55.7. The Morgan fingerprint density at radius 3 is 2.57 bits per heavy atom. The minimum absolute atomic E-state index is 0.0140. The normalized spacial score (nSPS) is 13.4. The molecule has 0 aromatic carbocycles. The molecule has 0 bridgehead atoms. The molecule has 0 aliphatic heterocycles. The molecular formula is C4H9NO2. The van der Waals surface area contributed by atoms with Crippen LogP contribution in [0.5, 0.6) is 0 Å². The first-order valence-electron chi connectivity index (χ1n) is 2.13. The molecule has 0 fully saturated rings. The lowest BCUT2D eigenvalue weighted by atomic mass is 10.3. The minimum atomic E-state index is -0.481. The van der Waals surface area contributed by atoms with E-state index in [1.807, 2.05) is 0 Å². The summed E-state index contributed by atoms with van der Waals surface area (Å²) >= 11 is 0. The number of nitrogens with two attached hydrogens (primary N) is 1. The number of carbonyl (C=O) groups is 1. The maximum absolute atomic E-state index is 9.66. The minimum Gasteiger partial charge on any atom is -0.396 e. The molecule has 0 heterocycles. The monoisotopic (exact) mass is 103 g/mol. The maximum atomic E-state index is 9.66. The molecule has 0 aromatic heterocycles. The van der Waals surface area contributed by atoms with Crippen LogP contribution < -0.4 is 5.73 Å². The Morgan fingerprint density at radius 1 is 1.86 bits per heavy atom. The topological polar surface area (TPSA) is 63.3 Å². The highest BCUT2D eigenvalue weighted by molar-refractivity contribution is 5.56. The van der Waals surface area contributed by atoms with Crippen LogP contribution in [-0.2, 0) is 4.79 Å². The molecule has 0 amide bonds. The van der Waals surface area contributed by atoms with Crippen molar-refractivity contribution >= 4 is 6.29 Å². The van der Waals surface area contributed by atoms with Gasteiger partial charge in [-0.15, -0.1) is 0 Å². The molecule has 0 rings (SSSR count). The Morgan fingerprint density at radius 2 is 2.43 bits per heavy atom. The fraction of sp³-hybridized carbons (Fsp3) is 0.750. The van der Waals surface area contributed by atoms with Gasteiger partial charge < -0.3 is 15.6 Å². The van der Waals surface area contributed by atoms with Crippen molar-refractivity contribution in [2.75, 3.05) is 6.61 Å². The molecule has 1 unspecified atom stereocenters. The second-order valence-electron chi connectivity index (χ2n) is 1.31. The zero-order valence-corrected chi connectivity index (χ0v) is 4.00. The molecule has 42 valence electrons. The van der Waals surface area contributed by atoms with Gasteiger partial charge >= 0.3 is 0 Å². The van der Waals surface area contributed by atoms with Gasteiger partial charge in [0.15, 0.2) is 0 Å². The zero-order valence-electron chi connectivity index (χ0n) is 4.00. The highest BCUT2D eigenvalue weighted by atomic mass is 16.3. The molecule has 3 N–H and O–H groups in total. The molecule has 0 aromatic rings. The van der Waals surface area contributed by atoms with Crippen molar-refractivity contribution in [2.45, 2.75) is 12.5 Å². The third kappa shape index (κ3) is 3.42. The number of hydrogen-bond donors (Lipinski definition) is 2. The lowest BCUT2D eigenvalue weighted by molar-refractivity contribution is -0.109. The third-order valence-electron chi connectivity index (χ3n) is 0.637. The summed E-state index contributed by atoms with van der Waals surface area (Å²) in [7, 11) is 0. The second-order valence-corrected chi connectivity index (χ2v) is 1.31. The molecule has 1 atom stereocenters. The van der Waals surface area contributed by atoms with Crippen LogP contribution in [0.25, 0.3) is 0 Å². The van der Waals surface area contributed by atoms with Gasteiger partial charge in [-0.2, -0.15) is 0 Å². The average molecular weight is 103 g/mol. The van der Waals surface area contributed by atoms with Crippen molar-refractivity contribution in [3.05, 3.63) is 0 Å². The molecule has 0 saturated carbocycles. The smallest absolute Gasteiger partial charge is 0.136 e. The first-order valence-corrected chi connectivity index (χ1v) is 2.13. The fourth-order valence-electron chi connectivity index (χ4n) is 0.217. The lowest BCUT2D eigenvalue weighted by Gasteiger charge is -1.95. The van der Waals surface area contributed by atoms with Crippen LogP contribution >= 0.6 is 0 Å². The number of carbonyl (C=O) groups excluding carboxylic acids is 1. The lowest BCUT2D eigenvalue weighted by Crippen LogP contribution is -2.22. The van der Waals surface area contributed by atoms with E-state index in [9.17, 15) is 4.79 Å². The average Bonchev–Trinajstić information content (AvgIpc) is 1.68. The van der Waals surface area contributed by atoms with E-state index in [-0.39, 0.29) is 6.61 Å². The molecule has 0 saturated heterocycles. The Labute approximate surface area is 42.1 Å². The Hall–Kier alpha value is -0.410. The van der Waals surface area contributed by atoms with Crippen molar-refractivity contribution in [3.8, 4) is 0 Å². The van der Waals surface area contributed by atoms with Crippen molar-refractivity contribution in [2.24, 2.45) is 5.73 Å². The fourth-order valence-corrected chi connectivity index (χ4v) is 0.217. The highest BCUT2D eigenvalue weighted by Gasteiger charge is 1.94. The van der Waals surface area contributed by atoms with Crippen LogP contribution in [0.2, 0.25) is 0 Å². The standard InChI is InChI=1S/C4H9NO2/c5-4(3-7)1-2-6/h3-4,6H,1-2,5H2. The van der Waals surface area contributed by atoms with Crippen molar-refractivity contribution in [3.63, 3.8) is 0 Å². The number of aliphatic hydroxyl groups excluding tert-OH is 1. The van der Waals surface area contributed by atoms with Crippen LogP contribution in [0.15, 0.2) is 0 Å². The molecule has 3 heteroatoms. The van der Waals surface area contributed by atoms with E-state index in [2.05, 4.69) is 0 Å². The van der Waals surface area contributed by atoms with Gasteiger partial charge in [0.05, 0.1) is 6.04 Å². The van der Waals surface area contributed by atoms with E-state index in [1.54, 1.807) is 0 Å². The molecule has 0 aliphatic carbocycles. The largest absolute Gasteiger partial charge is 0.396 e. The Kier molecular flexibility index (Phi) is 3.55. The summed E-state index contributed by atoms with van der Waals surface area (Å²) in [6.45, 7) is -0.0140. The second kappa shape index (κ2) is 3.77. The van der Waals surface area contributed by atoms with Gasteiger partial charge in [-0.1, -0.05) is 0 Å². The van der Waals surface area contributed by atoms with Crippen molar-refractivity contribution in [1.29, 1.82) is 0 Å². The summed E-state index contributed by atoms with van der Waals surface area (Å²) in [6, 6.07) is -0.481. The summed E-state index contributed by atoms with van der Waals surface area (Å²) in [5, 5.41) is 8.13. The molecule has 0 aliphatic rings. The maximum Gasteiger partial charge on any atom is 0.136 e. The van der Waals surface area contributed by atoms with Gasteiger partial charge in [0.25, 0.3) is 0 Å². The Balaban J connectivity index is 2.98. The van der Waals surface area contributed by atoms with E-state index in [0.717, 1.165) is 0 Å². The van der Waals surface area contributed by atoms with Gasteiger partial charge in [0, 0.05) is 6.61 Å². The van der Waals surface area contributed by atoms with Gasteiger partial charge in [-0.3, -0.25) is 0 Å². The highest BCUT2D eigenvalue weighted by Crippen LogP contribution is 1.77. The number of aldehydes is 1. The molecular weight excluding hydrogens is 94.0 g/mol. The van der Waals surface area contributed by atoms with Crippen LogP contribution in [0.3, 0.4) is 0 Å². The summed E-state index contributed by atoms with van der Waals surface area (Å²) in [5.74, 6) is 0. The number of rotatable bonds is 3. The van der Waals surface area contributed by atoms with Crippen LogP contribution in [0, 0.1) is 0 Å². The van der Waals surface area contributed by atoms with Gasteiger partial charge in [0.1, 0.15) is 6.29 Å². The van der Waals surface area contributed by atoms with Crippen LogP contribution in [0.4, 0.5) is 0 Å². The van der Waals surface area contributed by atoms with E-state index in [4.69, 9.17) is 10.8 Å². The van der Waals surface area contributed by atoms with E-state index in [1.165, 1.54) is 0 Å². The summed E-state index contributed by atoms with van der Waals surface area (Å²) in [6.07, 6.45) is 0.986. The molecule has 0 radical (unpaired) electrons. The first kappa shape index (κ1) is 6.59. The zero-order chi connectivity index (χ0) is 5.70. The van der Waals surface area contributed by atoms with Crippen LogP contribution in [0.1, 0.15) is 6.42 Å². The number of aliphatic hydroxyl groups is 1. The summed E-state index contributed by atoms with van der Waals surface area (Å²) in [5.41, 5.74) is 5.06. The predicted octanol–water partition coefficient (Wildman–Crippen LogP) is -1.10. The third-order valence-corrected chi connectivity index (χ3v) is 0.637. The first-order chi connectivity index (χ1) is 3.31. The summed E-state index contributed by atoms with van der Waals surface area (Å²) < 4.78 is 0. The number of hydrogen-bond acceptors (Lipinski definition) is 3. The van der Waals surface area contributed by atoms with E-state index >= 15 is 0 Å². The quantitative estimate of drug-likeness (QED) is 0.445. The van der Waals surface area contributed by atoms with E-state index in [0.29, 0.717) is 12.7 Å². The molecule has 0 spiro atoms. The SMILES string of the molecule is NC(C=O)CCO. The van der Waals surface area contributed by atoms with Crippen molar-refractivity contribution < 1.29 is 9.90 Å². The van der Waals surface area contributed by atoms with Gasteiger partial charge in [-0.25, -0.2) is 0 Å². The van der Waals surface area contributed by atoms with Crippen LogP contribution in [-0.4, -0.2) is 24.0 Å².